The molecule has 198 valence electrons. The van der Waals surface area contributed by atoms with Gasteiger partial charge in [-0.2, -0.15) is 18.3 Å². The molecule has 4 rings (SSSR count). The molecule has 3 aromatic rings. The predicted molar refractivity (Wildman–Crippen MR) is 134 cm³/mol. The van der Waals surface area contributed by atoms with Crippen LogP contribution in [0, 0.1) is 0 Å². The van der Waals surface area contributed by atoms with E-state index in [2.05, 4.69) is 31.3 Å². The number of anilines is 2. The number of rotatable bonds is 7. The molecule has 1 saturated heterocycles. The number of nitrogens with one attached hydrogen (secondary N) is 1. The van der Waals surface area contributed by atoms with Crippen molar-refractivity contribution in [1.29, 1.82) is 0 Å². The van der Waals surface area contributed by atoms with Crippen LogP contribution in [0.25, 0.3) is 11.3 Å². The van der Waals surface area contributed by atoms with Crippen LogP contribution in [0.15, 0.2) is 47.2 Å². The fourth-order valence-electron chi connectivity index (χ4n) is 3.81. The molecule has 0 unspecified atom stereocenters. The van der Waals surface area contributed by atoms with Crippen molar-refractivity contribution >= 4 is 33.5 Å². The minimum absolute atomic E-state index is 0.325. The normalized spacial score (nSPS) is 14.5. The number of pyridine rings is 1. The average Bonchev–Trinajstić information content (AvgIpc) is 3.20. The van der Waals surface area contributed by atoms with Gasteiger partial charge in [0.1, 0.15) is 18.2 Å². The summed E-state index contributed by atoms with van der Waals surface area (Å²) in [6.07, 6.45) is -2.63. The fourth-order valence-corrected chi connectivity index (χ4v) is 4.37. The van der Waals surface area contributed by atoms with Gasteiger partial charge in [-0.3, -0.25) is 10.00 Å². The molecule has 37 heavy (non-hydrogen) atoms. The van der Waals surface area contributed by atoms with Gasteiger partial charge in [-0.25, -0.2) is 9.78 Å². The molecule has 1 aliphatic rings. The molecular formula is C23H25BrF3N7O3. The Labute approximate surface area is 219 Å². The van der Waals surface area contributed by atoms with Gasteiger partial charge in [0.15, 0.2) is 0 Å². The lowest BCUT2D eigenvalue weighted by molar-refractivity contribution is -0.137. The lowest BCUT2D eigenvalue weighted by Crippen LogP contribution is -2.47. The van der Waals surface area contributed by atoms with Crippen molar-refractivity contribution in [2.45, 2.75) is 6.18 Å². The van der Waals surface area contributed by atoms with Crippen molar-refractivity contribution in [2.75, 3.05) is 49.5 Å². The maximum absolute atomic E-state index is 12.8. The van der Waals surface area contributed by atoms with Crippen LogP contribution in [0.4, 0.5) is 29.5 Å². The number of carbonyl (C=O) groups excluding carboxylic acids is 1. The number of hydrogen-bond acceptors (Lipinski definition) is 8. The van der Waals surface area contributed by atoms with E-state index in [0.717, 1.165) is 22.4 Å². The van der Waals surface area contributed by atoms with Crippen LogP contribution in [0.1, 0.15) is 5.56 Å². The number of amides is 1. The third-order valence-electron chi connectivity index (χ3n) is 5.60. The summed E-state index contributed by atoms with van der Waals surface area (Å²) >= 11 is 3.49. The molecule has 0 bridgehead atoms. The van der Waals surface area contributed by atoms with Gasteiger partial charge in [0.2, 0.25) is 0 Å². The van der Waals surface area contributed by atoms with Crippen LogP contribution in [0.5, 0.6) is 5.75 Å². The zero-order valence-electron chi connectivity index (χ0n) is 19.8. The highest BCUT2D eigenvalue weighted by molar-refractivity contribution is 9.10. The molecule has 1 aromatic carbocycles. The van der Waals surface area contributed by atoms with Gasteiger partial charge in [0.05, 0.1) is 35.0 Å². The number of hydroxylamine groups is 2. The number of nitrogens with two attached hydrogens (primary N) is 1. The lowest BCUT2D eigenvalue weighted by Gasteiger charge is -2.34. The number of alkyl halides is 3. The quantitative estimate of drug-likeness (QED) is 0.431. The van der Waals surface area contributed by atoms with Crippen molar-refractivity contribution in [1.82, 2.24) is 19.8 Å². The van der Waals surface area contributed by atoms with E-state index >= 15 is 0 Å². The number of piperazine rings is 1. The largest absolute Gasteiger partial charge is 0.492 e. The monoisotopic (exact) mass is 583 g/mol. The standard InChI is InChI=1S/C23H25BrF3N7O3/c1-32-21(18(24)14-30-32)17-12-16(3-4-19(17)36-11-6-28)31-22(35)37-34-9-7-33(8-10-34)20-5-2-15(13-29-20)23(25,26)27/h2-5,12-14H,6-11,28H2,1H3,(H,31,35). The van der Waals surface area contributed by atoms with E-state index in [1.54, 1.807) is 36.1 Å². The van der Waals surface area contributed by atoms with Gasteiger partial charge in [0, 0.05) is 44.1 Å². The van der Waals surface area contributed by atoms with Crippen LogP contribution in [0.2, 0.25) is 0 Å². The predicted octanol–water partition coefficient (Wildman–Crippen LogP) is 3.89. The number of nitrogens with zero attached hydrogens (tertiary/aromatic N) is 5. The number of halogens is 4. The number of carbonyl (C=O) groups is 1. The van der Waals surface area contributed by atoms with Crippen LogP contribution >= 0.6 is 15.9 Å². The molecule has 3 heterocycles. The second kappa shape index (κ2) is 11.4. The van der Waals surface area contributed by atoms with E-state index in [1.165, 1.54) is 11.1 Å². The van der Waals surface area contributed by atoms with E-state index in [-0.39, 0.29) is 0 Å². The van der Waals surface area contributed by atoms with Gasteiger partial charge in [-0.05, 0) is 46.3 Å². The topological polar surface area (TPSA) is 111 Å². The van der Waals surface area contributed by atoms with Gasteiger partial charge >= 0.3 is 12.3 Å². The highest BCUT2D eigenvalue weighted by Crippen LogP contribution is 2.37. The summed E-state index contributed by atoms with van der Waals surface area (Å²) in [5.41, 5.74) is 6.73. The molecule has 1 amide bonds. The van der Waals surface area contributed by atoms with E-state index in [1.807, 2.05) is 4.90 Å². The first kappa shape index (κ1) is 26.7. The van der Waals surface area contributed by atoms with Crippen molar-refractivity contribution in [3.63, 3.8) is 0 Å². The molecule has 2 aromatic heterocycles. The summed E-state index contributed by atoms with van der Waals surface area (Å²) < 4.78 is 46.5. The first-order valence-corrected chi connectivity index (χ1v) is 12.1. The summed E-state index contributed by atoms with van der Waals surface area (Å²) in [7, 11) is 1.79. The lowest BCUT2D eigenvalue weighted by atomic mass is 10.1. The molecule has 0 aliphatic carbocycles. The van der Waals surface area contributed by atoms with E-state index in [9.17, 15) is 18.0 Å². The third-order valence-corrected chi connectivity index (χ3v) is 6.18. The van der Waals surface area contributed by atoms with Gasteiger partial charge in [-0.15, -0.1) is 5.06 Å². The Morgan fingerprint density at radius 2 is 1.92 bits per heavy atom. The molecule has 0 spiro atoms. The zero-order valence-corrected chi connectivity index (χ0v) is 21.4. The SMILES string of the molecule is Cn1ncc(Br)c1-c1cc(NC(=O)ON2CCN(c3ccc(C(F)(F)F)cn3)CC2)ccc1OCCN. The Kier molecular flexibility index (Phi) is 8.19. The number of aryl methyl sites for hydroxylation is 1. The van der Waals surface area contributed by atoms with Gasteiger partial charge in [0.25, 0.3) is 0 Å². The molecule has 0 atom stereocenters. The van der Waals surface area contributed by atoms with Crippen LogP contribution < -0.4 is 20.7 Å². The molecular weight excluding hydrogens is 559 g/mol. The van der Waals surface area contributed by atoms with E-state index in [0.29, 0.717) is 62.1 Å². The number of hydrogen-bond donors (Lipinski definition) is 2. The molecule has 0 saturated carbocycles. The average molecular weight is 584 g/mol. The first-order chi connectivity index (χ1) is 17.7. The summed E-state index contributed by atoms with van der Waals surface area (Å²) in [5.74, 6) is 1.02. The van der Waals surface area contributed by atoms with Crippen molar-refractivity contribution in [2.24, 2.45) is 12.8 Å². The second-order valence-electron chi connectivity index (χ2n) is 8.14. The molecule has 1 fully saturated rings. The zero-order chi connectivity index (χ0) is 26.6. The summed E-state index contributed by atoms with van der Waals surface area (Å²) in [6.45, 7) is 2.24. The number of ether oxygens (including phenoxy) is 1. The highest BCUT2D eigenvalue weighted by atomic mass is 79.9. The molecule has 1 aliphatic heterocycles. The maximum atomic E-state index is 12.8. The minimum Gasteiger partial charge on any atom is -0.492 e. The second-order valence-corrected chi connectivity index (χ2v) is 8.99. The summed E-state index contributed by atoms with van der Waals surface area (Å²) in [4.78, 5) is 23.7. The van der Waals surface area contributed by atoms with Crippen molar-refractivity contribution in [3.8, 4) is 17.0 Å². The maximum Gasteiger partial charge on any atom is 0.430 e. The Morgan fingerprint density at radius 1 is 1.16 bits per heavy atom. The Bertz CT molecular complexity index is 1210. The fraction of sp³-hybridized carbons (Fsp3) is 0.348. The molecule has 10 nitrogen and oxygen atoms in total. The Hall–Kier alpha value is -3.36. The summed E-state index contributed by atoms with van der Waals surface area (Å²) in [6, 6.07) is 7.52. The van der Waals surface area contributed by atoms with Crippen LogP contribution in [-0.4, -0.2) is 65.3 Å². The smallest absolute Gasteiger partial charge is 0.430 e. The first-order valence-electron chi connectivity index (χ1n) is 11.3. The Balaban J connectivity index is 1.36. The molecule has 3 N–H and O–H groups in total. The Morgan fingerprint density at radius 3 is 2.51 bits per heavy atom. The van der Waals surface area contributed by atoms with E-state index in [4.69, 9.17) is 15.3 Å². The summed E-state index contributed by atoms with van der Waals surface area (Å²) in [5, 5.41) is 8.45. The van der Waals surface area contributed by atoms with Gasteiger partial charge < -0.3 is 20.2 Å². The van der Waals surface area contributed by atoms with Gasteiger partial charge in [-0.1, -0.05) is 0 Å². The number of aromatic nitrogens is 3. The van der Waals surface area contributed by atoms with Crippen LogP contribution in [0.3, 0.4) is 0 Å². The van der Waals surface area contributed by atoms with Crippen molar-refractivity contribution < 1.29 is 27.5 Å². The highest BCUT2D eigenvalue weighted by Gasteiger charge is 2.31. The van der Waals surface area contributed by atoms with Crippen molar-refractivity contribution in [3.05, 3.63) is 52.8 Å². The third kappa shape index (κ3) is 6.50. The van der Waals surface area contributed by atoms with E-state index < -0.39 is 17.8 Å². The van der Waals surface area contributed by atoms with Crippen LogP contribution in [-0.2, 0) is 18.1 Å². The molecule has 0 radical (unpaired) electrons. The number of benzene rings is 1. The minimum atomic E-state index is -4.43. The molecule has 14 heteroatoms.